The third-order valence-corrected chi connectivity index (χ3v) is 5.20. The van der Waals surface area contributed by atoms with Gasteiger partial charge in [-0.15, -0.1) is 0 Å². The molecule has 0 unspecified atom stereocenters. The first-order valence-electron chi connectivity index (χ1n) is 9.42. The molecule has 1 fully saturated rings. The number of pyridine rings is 1. The van der Waals surface area contributed by atoms with Crippen molar-refractivity contribution in [1.82, 2.24) is 9.88 Å². The molecule has 0 aliphatic carbocycles. The molecule has 1 aromatic heterocycles. The molecule has 144 valence electrons. The van der Waals surface area contributed by atoms with Crippen molar-refractivity contribution in [1.29, 1.82) is 0 Å². The van der Waals surface area contributed by atoms with Gasteiger partial charge in [-0.25, -0.2) is 13.8 Å². The summed E-state index contributed by atoms with van der Waals surface area (Å²) in [5.74, 6) is -1.31. The fourth-order valence-electron chi connectivity index (χ4n) is 3.49. The van der Waals surface area contributed by atoms with Gasteiger partial charge >= 0.3 is 0 Å². The Bertz CT molecular complexity index is 1030. The number of aromatic nitrogens is 1. The molecule has 1 saturated heterocycles. The molecule has 2 aromatic carbocycles. The Kier molecular flexibility index (Phi) is 4.94. The van der Waals surface area contributed by atoms with E-state index in [0.717, 1.165) is 43.5 Å². The number of benzene rings is 2. The van der Waals surface area contributed by atoms with Crippen LogP contribution >= 0.6 is 0 Å². The summed E-state index contributed by atoms with van der Waals surface area (Å²) < 4.78 is 26.8. The molecule has 28 heavy (non-hydrogen) atoms. The third kappa shape index (κ3) is 3.67. The van der Waals surface area contributed by atoms with Crippen molar-refractivity contribution in [3.63, 3.8) is 0 Å². The number of hydrogen-bond acceptors (Lipinski definition) is 3. The lowest BCUT2D eigenvalue weighted by Gasteiger charge is -2.30. The molecule has 4 rings (SSSR count). The number of amides is 1. The molecule has 4 nitrogen and oxygen atoms in total. The van der Waals surface area contributed by atoms with Crippen molar-refractivity contribution in [3.05, 3.63) is 65.9 Å². The van der Waals surface area contributed by atoms with Gasteiger partial charge in [0.05, 0.1) is 11.2 Å². The van der Waals surface area contributed by atoms with Crippen molar-refractivity contribution in [2.45, 2.75) is 19.8 Å². The lowest BCUT2D eigenvalue weighted by Crippen LogP contribution is -2.38. The number of carbonyl (C=O) groups is 1. The highest BCUT2D eigenvalue weighted by atomic mass is 19.2. The summed E-state index contributed by atoms with van der Waals surface area (Å²) in [6.07, 6.45) is 1.97. The molecule has 0 bridgehead atoms. The highest BCUT2D eigenvalue weighted by molar-refractivity contribution is 6.00. The number of rotatable bonds is 3. The molecule has 0 saturated carbocycles. The Morgan fingerprint density at radius 1 is 1.07 bits per heavy atom. The van der Waals surface area contributed by atoms with Crippen molar-refractivity contribution in [2.24, 2.45) is 5.92 Å². The number of hydrogen-bond donors (Lipinski definition) is 1. The number of nitrogens with zero attached hydrogens (tertiary/aromatic N) is 2. The van der Waals surface area contributed by atoms with Gasteiger partial charge < -0.3 is 10.2 Å². The van der Waals surface area contributed by atoms with E-state index in [1.165, 1.54) is 6.07 Å². The van der Waals surface area contributed by atoms with Gasteiger partial charge in [0.1, 0.15) is 5.69 Å². The van der Waals surface area contributed by atoms with Crippen LogP contribution in [-0.2, 0) is 0 Å². The molecule has 1 N–H and O–H groups in total. The molecular formula is C22H21F2N3O. The van der Waals surface area contributed by atoms with E-state index in [2.05, 4.69) is 17.2 Å². The summed E-state index contributed by atoms with van der Waals surface area (Å²) in [5.41, 5.74) is 2.05. The van der Waals surface area contributed by atoms with E-state index < -0.39 is 11.6 Å². The number of nitrogens with one attached hydrogen (secondary N) is 1. The van der Waals surface area contributed by atoms with Gasteiger partial charge in [0.25, 0.3) is 5.91 Å². The number of anilines is 2. The van der Waals surface area contributed by atoms with E-state index in [1.54, 1.807) is 6.07 Å². The SMILES string of the molecule is CC1CCN(C(=O)c2cc(Nc3ccc(F)c(F)c3)c3ccccc3n2)CC1. The number of para-hydroxylation sites is 1. The predicted molar refractivity (Wildman–Crippen MR) is 106 cm³/mol. The maximum absolute atomic E-state index is 13.6. The lowest BCUT2D eigenvalue weighted by molar-refractivity contribution is 0.0691. The van der Waals surface area contributed by atoms with E-state index in [9.17, 15) is 13.6 Å². The normalized spacial score (nSPS) is 15.0. The standard InChI is InChI=1S/C22H21F2N3O/c1-14-8-10-27(11-9-14)22(28)21-13-20(16-4-2-3-5-19(16)26-21)25-15-6-7-17(23)18(24)12-15/h2-7,12-14H,8-11H2,1H3,(H,25,26). The molecular weight excluding hydrogens is 360 g/mol. The summed E-state index contributed by atoms with van der Waals surface area (Å²) in [4.78, 5) is 19.3. The van der Waals surface area contributed by atoms with Gasteiger partial charge in [0.2, 0.25) is 0 Å². The summed E-state index contributed by atoms with van der Waals surface area (Å²) >= 11 is 0. The van der Waals surface area contributed by atoms with E-state index in [-0.39, 0.29) is 5.91 Å². The zero-order valence-corrected chi connectivity index (χ0v) is 15.6. The number of piperidine rings is 1. The summed E-state index contributed by atoms with van der Waals surface area (Å²) in [6.45, 7) is 3.64. The van der Waals surface area contributed by atoms with Crippen molar-refractivity contribution < 1.29 is 13.6 Å². The lowest BCUT2D eigenvalue weighted by atomic mass is 9.99. The molecule has 3 aromatic rings. The molecule has 2 heterocycles. The minimum Gasteiger partial charge on any atom is -0.355 e. The van der Waals surface area contributed by atoms with Gasteiger partial charge in [-0.3, -0.25) is 4.79 Å². The summed E-state index contributed by atoms with van der Waals surface area (Å²) in [5, 5.41) is 3.90. The summed E-state index contributed by atoms with van der Waals surface area (Å²) in [6, 6.07) is 12.7. The average Bonchev–Trinajstić information content (AvgIpc) is 2.71. The highest BCUT2D eigenvalue weighted by Crippen LogP contribution is 2.28. The van der Waals surface area contributed by atoms with Crippen LogP contribution in [0.15, 0.2) is 48.5 Å². The first-order valence-corrected chi connectivity index (χ1v) is 9.42. The maximum Gasteiger partial charge on any atom is 0.272 e. The number of carbonyl (C=O) groups excluding carboxylic acids is 1. The molecule has 6 heteroatoms. The van der Waals surface area contributed by atoms with Gasteiger partial charge in [0, 0.05) is 30.2 Å². The van der Waals surface area contributed by atoms with Crippen LogP contribution in [0.1, 0.15) is 30.3 Å². The van der Waals surface area contributed by atoms with Crippen molar-refractivity contribution in [2.75, 3.05) is 18.4 Å². The molecule has 1 aliphatic rings. The van der Waals surface area contributed by atoms with Crippen LogP contribution in [0.5, 0.6) is 0 Å². The van der Waals surface area contributed by atoms with Gasteiger partial charge in [-0.2, -0.15) is 0 Å². The smallest absolute Gasteiger partial charge is 0.272 e. The predicted octanol–water partition coefficient (Wildman–Crippen LogP) is 5.13. The molecule has 0 spiro atoms. The Morgan fingerprint density at radius 3 is 2.57 bits per heavy atom. The average molecular weight is 381 g/mol. The van der Waals surface area contributed by atoms with Gasteiger partial charge in [-0.1, -0.05) is 25.1 Å². The first-order chi connectivity index (χ1) is 13.5. The highest BCUT2D eigenvalue weighted by Gasteiger charge is 2.23. The van der Waals surface area contributed by atoms with E-state index >= 15 is 0 Å². The maximum atomic E-state index is 13.6. The Morgan fingerprint density at radius 2 is 1.82 bits per heavy atom. The molecule has 0 atom stereocenters. The molecule has 1 aliphatic heterocycles. The van der Waals surface area contributed by atoms with Crippen LogP contribution < -0.4 is 5.32 Å². The van der Waals surface area contributed by atoms with Crippen LogP contribution in [0.2, 0.25) is 0 Å². The van der Waals surface area contributed by atoms with E-state index in [1.807, 2.05) is 29.2 Å². The second kappa shape index (κ2) is 7.54. The van der Waals surface area contributed by atoms with Crippen LogP contribution in [0.4, 0.5) is 20.2 Å². The van der Waals surface area contributed by atoms with E-state index in [0.29, 0.717) is 28.5 Å². The van der Waals surface area contributed by atoms with Crippen LogP contribution in [-0.4, -0.2) is 28.9 Å². The van der Waals surface area contributed by atoms with Crippen LogP contribution in [0.25, 0.3) is 10.9 Å². The Hall–Kier alpha value is -3.02. The van der Waals surface area contributed by atoms with Crippen LogP contribution in [0, 0.1) is 17.6 Å². The largest absolute Gasteiger partial charge is 0.355 e. The number of likely N-dealkylation sites (tertiary alicyclic amines) is 1. The second-order valence-electron chi connectivity index (χ2n) is 7.30. The Labute approximate surface area is 162 Å². The second-order valence-corrected chi connectivity index (χ2v) is 7.30. The zero-order chi connectivity index (χ0) is 19.7. The molecule has 1 amide bonds. The van der Waals surface area contributed by atoms with Crippen molar-refractivity contribution >= 4 is 28.2 Å². The van der Waals surface area contributed by atoms with Gasteiger partial charge in [0.15, 0.2) is 11.6 Å². The Balaban J connectivity index is 1.71. The fourth-order valence-corrected chi connectivity index (χ4v) is 3.49. The first kappa shape index (κ1) is 18.3. The number of fused-ring (bicyclic) bond motifs is 1. The number of halogens is 2. The zero-order valence-electron chi connectivity index (χ0n) is 15.6. The van der Waals surface area contributed by atoms with Crippen molar-refractivity contribution in [3.8, 4) is 0 Å². The van der Waals surface area contributed by atoms with E-state index in [4.69, 9.17) is 0 Å². The summed E-state index contributed by atoms with van der Waals surface area (Å²) in [7, 11) is 0. The third-order valence-electron chi connectivity index (χ3n) is 5.20. The fraction of sp³-hybridized carbons (Fsp3) is 0.273. The quantitative estimate of drug-likeness (QED) is 0.684. The van der Waals surface area contributed by atoms with Crippen LogP contribution in [0.3, 0.4) is 0 Å². The topological polar surface area (TPSA) is 45.2 Å². The van der Waals surface area contributed by atoms with Gasteiger partial charge in [-0.05, 0) is 43.0 Å². The monoisotopic (exact) mass is 381 g/mol. The minimum atomic E-state index is -0.929. The molecule has 0 radical (unpaired) electrons. The minimum absolute atomic E-state index is 0.106.